The molecule has 1 aromatic carbocycles. The second-order valence-corrected chi connectivity index (χ2v) is 7.01. The highest BCUT2D eigenvalue weighted by Crippen LogP contribution is 2.00. The third kappa shape index (κ3) is 12.7. The molecule has 8 nitrogen and oxygen atoms in total. The van der Waals surface area contributed by atoms with Gasteiger partial charge in [-0.2, -0.15) is 0 Å². The zero-order chi connectivity index (χ0) is 19.3. The van der Waals surface area contributed by atoms with E-state index in [1.165, 1.54) is 11.6 Å². The highest BCUT2D eigenvalue weighted by molar-refractivity contribution is 7.89. The second-order valence-electron chi connectivity index (χ2n) is 5.22. The summed E-state index contributed by atoms with van der Waals surface area (Å²) in [6.07, 6.45) is 1.65. The van der Waals surface area contributed by atoms with Crippen LogP contribution < -0.4 is 15.8 Å². The standard InChI is InChI=1S/C9H18N4O4S.C7H8/c1-2-6-18(16,17)13-7(8(14)15)4-3-5-12-9(10)11;1-7-5-3-2-4-6-7/h2,7,13H,1,3-6H2,(H,14,15)(H4,10,11,12);2-6H,1H3/t7-;/m0./s1. The van der Waals surface area contributed by atoms with Crippen LogP contribution in [0.3, 0.4) is 0 Å². The van der Waals surface area contributed by atoms with Gasteiger partial charge in [0.05, 0.1) is 5.75 Å². The smallest absolute Gasteiger partial charge is 0.321 e. The molecule has 0 saturated carbocycles. The predicted octanol–water partition coefficient (Wildman–Crippen LogP) is 0.803. The fourth-order valence-corrected chi connectivity index (χ4v) is 2.78. The van der Waals surface area contributed by atoms with Crippen molar-refractivity contribution in [2.45, 2.75) is 25.8 Å². The molecule has 0 amide bonds. The van der Waals surface area contributed by atoms with Gasteiger partial charge in [-0.15, -0.1) is 6.58 Å². The maximum Gasteiger partial charge on any atom is 0.321 e. The van der Waals surface area contributed by atoms with Crippen LogP contribution in [0.25, 0.3) is 0 Å². The van der Waals surface area contributed by atoms with Crippen LogP contribution in [0.2, 0.25) is 0 Å². The summed E-state index contributed by atoms with van der Waals surface area (Å²) in [5.41, 5.74) is 6.37. The van der Waals surface area contributed by atoms with Gasteiger partial charge in [0.2, 0.25) is 10.0 Å². The van der Waals surface area contributed by atoms with E-state index in [4.69, 9.17) is 16.2 Å². The summed E-state index contributed by atoms with van der Waals surface area (Å²) < 4.78 is 24.8. The third-order valence-electron chi connectivity index (χ3n) is 2.88. The first-order valence-corrected chi connectivity index (χ1v) is 9.26. The first-order chi connectivity index (χ1) is 11.7. The van der Waals surface area contributed by atoms with Crippen LogP contribution in [0, 0.1) is 12.3 Å². The van der Waals surface area contributed by atoms with Gasteiger partial charge in [0, 0.05) is 6.54 Å². The van der Waals surface area contributed by atoms with E-state index in [0.29, 0.717) is 13.0 Å². The number of sulfonamides is 1. The maximum absolute atomic E-state index is 11.4. The quantitative estimate of drug-likeness (QED) is 0.188. The molecule has 0 saturated heterocycles. The molecule has 0 spiro atoms. The Labute approximate surface area is 148 Å². The number of rotatable bonds is 9. The Bertz CT molecular complexity index is 647. The summed E-state index contributed by atoms with van der Waals surface area (Å²) in [5, 5.41) is 18.3. The summed E-state index contributed by atoms with van der Waals surface area (Å²) >= 11 is 0. The lowest BCUT2D eigenvalue weighted by Gasteiger charge is -2.14. The monoisotopic (exact) mass is 370 g/mol. The molecule has 9 heteroatoms. The van der Waals surface area contributed by atoms with Gasteiger partial charge in [0.1, 0.15) is 6.04 Å². The van der Waals surface area contributed by atoms with Gasteiger partial charge < -0.3 is 16.2 Å². The summed E-state index contributed by atoms with van der Waals surface area (Å²) in [6.45, 7) is 5.67. The molecular formula is C16H26N4O4S. The Hall–Kier alpha value is -2.39. The van der Waals surface area contributed by atoms with Crippen LogP contribution in [-0.4, -0.2) is 43.8 Å². The summed E-state index contributed by atoms with van der Waals surface area (Å²) in [5.74, 6) is -1.79. The van der Waals surface area contributed by atoms with Crippen LogP contribution in [0.1, 0.15) is 18.4 Å². The lowest BCUT2D eigenvalue weighted by molar-refractivity contribution is -0.139. The van der Waals surface area contributed by atoms with Crippen molar-refractivity contribution in [1.29, 1.82) is 5.41 Å². The molecular weight excluding hydrogens is 344 g/mol. The lowest BCUT2D eigenvalue weighted by atomic mass is 10.2. The minimum absolute atomic E-state index is 0.103. The molecule has 0 unspecified atom stereocenters. The van der Waals surface area contributed by atoms with Crippen LogP contribution in [-0.2, 0) is 14.8 Å². The molecule has 0 bridgehead atoms. The molecule has 0 heterocycles. The summed E-state index contributed by atoms with van der Waals surface area (Å²) in [6, 6.07) is 9.07. The summed E-state index contributed by atoms with van der Waals surface area (Å²) in [7, 11) is -3.67. The van der Waals surface area contributed by atoms with E-state index in [1.807, 2.05) is 18.2 Å². The number of hydrogen-bond donors (Lipinski definition) is 5. The second kappa shape index (κ2) is 12.0. The highest BCUT2D eigenvalue weighted by atomic mass is 32.2. The van der Waals surface area contributed by atoms with Crippen LogP contribution in [0.15, 0.2) is 43.0 Å². The maximum atomic E-state index is 11.4. The number of carboxylic acid groups (broad SMARTS) is 1. The third-order valence-corrected chi connectivity index (χ3v) is 4.20. The molecule has 0 fully saturated rings. The van der Waals surface area contributed by atoms with Gasteiger partial charge in [-0.05, 0) is 19.8 Å². The number of hydrogen-bond acceptors (Lipinski definition) is 4. The first kappa shape index (κ1) is 22.6. The minimum Gasteiger partial charge on any atom is -0.480 e. The van der Waals surface area contributed by atoms with Crippen LogP contribution in [0.4, 0.5) is 0 Å². The van der Waals surface area contributed by atoms with E-state index in [1.54, 1.807) is 0 Å². The van der Waals surface area contributed by atoms with Crippen LogP contribution >= 0.6 is 0 Å². The van der Waals surface area contributed by atoms with Crippen molar-refractivity contribution in [3.8, 4) is 0 Å². The molecule has 6 N–H and O–H groups in total. The molecule has 1 atom stereocenters. The van der Waals surface area contributed by atoms with Crippen molar-refractivity contribution in [2.75, 3.05) is 12.3 Å². The average Bonchev–Trinajstić information content (AvgIpc) is 2.51. The number of aryl methyl sites for hydroxylation is 1. The van der Waals surface area contributed by atoms with Crippen molar-refractivity contribution < 1.29 is 18.3 Å². The van der Waals surface area contributed by atoms with Crippen molar-refractivity contribution >= 4 is 22.0 Å². The van der Waals surface area contributed by atoms with Crippen molar-refractivity contribution in [2.24, 2.45) is 5.73 Å². The van der Waals surface area contributed by atoms with Crippen molar-refractivity contribution in [3.05, 3.63) is 48.6 Å². The topological polar surface area (TPSA) is 145 Å². The largest absolute Gasteiger partial charge is 0.480 e. The number of guanidine groups is 1. The zero-order valence-electron chi connectivity index (χ0n) is 14.2. The van der Waals surface area contributed by atoms with Gasteiger partial charge in [-0.25, -0.2) is 13.1 Å². The fraction of sp³-hybridized carbons (Fsp3) is 0.375. The Morgan fingerprint density at radius 3 is 2.40 bits per heavy atom. The minimum atomic E-state index is -3.67. The first-order valence-electron chi connectivity index (χ1n) is 7.61. The van der Waals surface area contributed by atoms with E-state index in [-0.39, 0.29) is 18.1 Å². The average molecular weight is 370 g/mol. The van der Waals surface area contributed by atoms with E-state index < -0.39 is 22.0 Å². The number of nitrogens with two attached hydrogens (primary N) is 1. The molecule has 1 rings (SSSR count). The van der Waals surface area contributed by atoms with Gasteiger partial charge >= 0.3 is 5.97 Å². The SMILES string of the molecule is C=CCS(=O)(=O)N[C@@H](CCCNC(=N)N)C(=O)O.Cc1ccccc1. The van der Waals surface area contributed by atoms with Crippen molar-refractivity contribution in [3.63, 3.8) is 0 Å². The lowest BCUT2D eigenvalue weighted by Crippen LogP contribution is -2.42. The Morgan fingerprint density at radius 2 is 2.00 bits per heavy atom. The Morgan fingerprint density at radius 1 is 1.40 bits per heavy atom. The number of benzene rings is 1. The number of carbonyl (C=O) groups is 1. The molecule has 140 valence electrons. The van der Waals surface area contributed by atoms with Crippen molar-refractivity contribution in [1.82, 2.24) is 10.0 Å². The highest BCUT2D eigenvalue weighted by Gasteiger charge is 2.22. The predicted molar refractivity (Wildman–Crippen MR) is 98.9 cm³/mol. The van der Waals surface area contributed by atoms with Gasteiger partial charge in [0.25, 0.3) is 0 Å². The van der Waals surface area contributed by atoms with Crippen LogP contribution in [0.5, 0.6) is 0 Å². The van der Waals surface area contributed by atoms with E-state index >= 15 is 0 Å². The Balaban J connectivity index is 0.000000676. The molecule has 0 radical (unpaired) electrons. The van der Waals surface area contributed by atoms with Gasteiger partial charge in [-0.3, -0.25) is 10.2 Å². The Kier molecular flexibility index (Phi) is 10.9. The fourth-order valence-electron chi connectivity index (χ4n) is 1.72. The van der Waals surface area contributed by atoms with Gasteiger partial charge in [0.15, 0.2) is 5.96 Å². The zero-order valence-corrected chi connectivity index (χ0v) is 15.1. The van der Waals surface area contributed by atoms with E-state index in [9.17, 15) is 13.2 Å². The molecule has 1 aromatic rings. The number of aliphatic carboxylic acids is 1. The molecule has 0 aliphatic carbocycles. The van der Waals surface area contributed by atoms with Gasteiger partial charge in [-0.1, -0.05) is 42.0 Å². The molecule has 0 aliphatic heterocycles. The molecule has 0 aliphatic rings. The summed E-state index contributed by atoms with van der Waals surface area (Å²) in [4.78, 5) is 10.9. The van der Waals surface area contributed by atoms with E-state index in [0.717, 1.165) is 0 Å². The normalized spacial score (nSPS) is 11.6. The molecule has 25 heavy (non-hydrogen) atoms. The number of carboxylic acids is 1. The van der Waals surface area contributed by atoms with E-state index in [2.05, 4.69) is 35.7 Å². The number of nitrogens with one attached hydrogen (secondary N) is 3. The molecule has 0 aromatic heterocycles.